The van der Waals surface area contributed by atoms with Crippen molar-refractivity contribution in [2.75, 3.05) is 67.3 Å². The minimum Gasteiger partial charge on any atom is -0.383 e. The Morgan fingerprint density at radius 1 is 1.00 bits per heavy atom. The van der Waals surface area contributed by atoms with Gasteiger partial charge in [0.2, 0.25) is 11.8 Å². The molecule has 1 aliphatic heterocycles. The Bertz CT molecular complexity index is 929. The lowest BCUT2D eigenvalue weighted by atomic mass is 9.72. The first kappa shape index (κ1) is 33.7. The van der Waals surface area contributed by atoms with Gasteiger partial charge in [0.15, 0.2) is 6.23 Å². The molecular weight excluding hydrogens is 512 g/mol. The largest absolute Gasteiger partial charge is 0.383 e. The predicted molar refractivity (Wildman–Crippen MR) is 155 cm³/mol. The lowest BCUT2D eigenvalue weighted by molar-refractivity contribution is -0.211. The molecule has 0 aliphatic carbocycles. The molecule has 0 aromatic heterocycles. The molecule has 2 atom stereocenters. The first-order valence-corrected chi connectivity index (χ1v) is 14.4. The van der Waals surface area contributed by atoms with Gasteiger partial charge in [0, 0.05) is 47.4 Å². The highest BCUT2D eigenvalue weighted by molar-refractivity contribution is 6.03. The molecule has 0 spiro atoms. The zero-order valence-corrected chi connectivity index (χ0v) is 25.5. The van der Waals surface area contributed by atoms with Crippen LogP contribution in [0.3, 0.4) is 0 Å². The number of methoxy groups -OCH3 is 2. The van der Waals surface area contributed by atoms with Gasteiger partial charge in [0.05, 0.1) is 24.7 Å². The summed E-state index contributed by atoms with van der Waals surface area (Å²) in [5, 5.41) is 3.04. The maximum atomic E-state index is 13.4. The second-order valence-electron chi connectivity index (χ2n) is 10.5. The predicted octanol–water partition coefficient (Wildman–Crippen LogP) is 3.59. The van der Waals surface area contributed by atoms with E-state index in [0.29, 0.717) is 39.1 Å². The van der Waals surface area contributed by atoms with E-state index in [1.54, 1.807) is 26.2 Å². The molecule has 0 radical (unpaired) electrons. The molecule has 10 nitrogen and oxygen atoms in total. The van der Waals surface area contributed by atoms with Gasteiger partial charge in [-0.3, -0.25) is 14.5 Å². The third-order valence-corrected chi connectivity index (χ3v) is 7.95. The van der Waals surface area contributed by atoms with Crippen molar-refractivity contribution < 1.29 is 28.6 Å². The Balaban J connectivity index is 2.06. The fraction of sp³-hybridized carbons (Fsp3) is 0.700. The fourth-order valence-corrected chi connectivity index (χ4v) is 5.05. The number of benzene rings is 1. The number of nitrogens with zero attached hydrogens (tertiary/aromatic N) is 3. The summed E-state index contributed by atoms with van der Waals surface area (Å²) in [6, 6.07) is 7.33. The Hall–Kier alpha value is -2.53. The van der Waals surface area contributed by atoms with Crippen molar-refractivity contribution in [1.82, 2.24) is 20.0 Å². The molecule has 4 amide bonds. The number of nitrogens with one attached hydrogen (secondary N) is 1. The third kappa shape index (κ3) is 8.49. The van der Waals surface area contributed by atoms with Crippen LogP contribution in [0, 0.1) is 12.3 Å². The molecule has 0 bridgehead atoms. The number of ether oxygens (including phenoxy) is 3. The van der Waals surface area contributed by atoms with Crippen LogP contribution < -0.4 is 5.32 Å². The van der Waals surface area contributed by atoms with Crippen LogP contribution in [0.5, 0.6) is 0 Å². The summed E-state index contributed by atoms with van der Waals surface area (Å²) in [7, 11) is 5.06. The summed E-state index contributed by atoms with van der Waals surface area (Å²) >= 11 is 0. The van der Waals surface area contributed by atoms with Crippen LogP contribution in [0.4, 0.5) is 4.79 Å². The first-order chi connectivity index (χ1) is 19.2. The molecular formula is C30H50N4O6. The van der Waals surface area contributed by atoms with Gasteiger partial charge in [-0.05, 0) is 31.7 Å². The van der Waals surface area contributed by atoms with Gasteiger partial charge in [-0.1, -0.05) is 57.0 Å². The maximum Gasteiger partial charge on any atom is 0.326 e. The standard InChI is InChI=1S/C30H50N4O6/c1-8-11-25(24-14-12-23(4)13-15-24)31-29(37)34-27(36)30(9-2,10-3)28(34)40-22-26(35)32(5)16-17-33(18-20-38-6)19-21-39-7/h12-15,25,28H,8-11,16-22H2,1-7H3,(H,31,37). The number of likely N-dealkylation sites (N-methyl/N-ethyl adjacent to an activating group) is 1. The summed E-state index contributed by atoms with van der Waals surface area (Å²) < 4.78 is 16.4. The molecule has 226 valence electrons. The van der Waals surface area contributed by atoms with E-state index in [0.717, 1.165) is 42.0 Å². The minimum absolute atomic E-state index is 0.206. The Morgan fingerprint density at radius 2 is 1.60 bits per heavy atom. The average Bonchev–Trinajstić information content (AvgIpc) is 2.95. The van der Waals surface area contributed by atoms with Crippen molar-refractivity contribution in [3.8, 4) is 0 Å². The van der Waals surface area contributed by atoms with Crippen molar-refractivity contribution >= 4 is 17.8 Å². The fourth-order valence-electron chi connectivity index (χ4n) is 5.05. The molecule has 2 rings (SSSR count). The Morgan fingerprint density at radius 3 is 2.12 bits per heavy atom. The summed E-state index contributed by atoms with van der Waals surface area (Å²) in [6.45, 7) is 11.5. The second-order valence-corrected chi connectivity index (χ2v) is 10.5. The number of carbonyl (C=O) groups excluding carboxylic acids is 3. The minimum atomic E-state index is -0.822. The van der Waals surface area contributed by atoms with Crippen LogP contribution >= 0.6 is 0 Å². The topological polar surface area (TPSA) is 101 Å². The number of β-lactam (4-membered cyclic amide) rings is 1. The molecule has 1 fully saturated rings. The summed E-state index contributed by atoms with van der Waals surface area (Å²) in [5.41, 5.74) is 1.31. The molecule has 1 heterocycles. The molecule has 1 saturated heterocycles. The Kier molecular flexibility index (Phi) is 14.0. The number of hydrogen-bond donors (Lipinski definition) is 1. The lowest BCUT2D eigenvalue weighted by Gasteiger charge is -2.53. The number of imide groups is 1. The SMILES string of the molecule is CCCC(NC(=O)N1C(=O)C(CC)(CC)C1OCC(=O)N(C)CCN(CCOC)CCOC)c1ccc(C)cc1. The van der Waals surface area contributed by atoms with E-state index >= 15 is 0 Å². The molecule has 1 aromatic carbocycles. The number of rotatable bonds is 18. The first-order valence-electron chi connectivity index (χ1n) is 14.4. The van der Waals surface area contributed by atoms with Crippen molar-refractivity contribution in [3.63, 3.8) is 0 Å². The highest BCUT2D eigenvalue weighted by Crippen LogP contribution is 2.46. The van der Waals surface area contributed by atoms with E-state index in [1.165, 1.54) is 0 Å². The van der Waals surface area contributed by atoms with Gasteiger partial charge in [-0.2, -0.15) is 0 Å². The number of carbonyl (C=O) groups is 3. The molecule has 1 aromatic rings. The van der Waals surface area contributed by atoms with Crippen molar-refractivity contribution in [1.29, 1.82) is 0 Å². The highest BCUT2D eigenvalue weighted by Gasteiger charge is 2.62. The Labute approximate surface area is 240 Å². The van der Waals surface area contributed by atoms with Gasteiger partial charge in [0.25, 0.3) is 0 Å². The third-order valence-electron chi connectivity index (χ3n) is 7.95. The molecule has 40 heavy (non-hydrogen) atoms. The van der Waals surface area contributed by atoms with Crippen LogP contribution in [0.25, 0.3) is 0 Å². The summed E-state index contributed by atoms with van der Waals surface area (Å²) in [5.74, 6) is -0.463. The van der Waals surface area contributed by atoms with Crippen LogP contribution in [-0.4, -0.2) is 106 Å². The quantitative estimate of drug-likeness (QED) is 0.273. The molecule has 1 aliphatic rings. The number of likely N-dealkylation sites (tertiary alicyclic amines) is 1. The zero-order chi connectivity index (χ0) is 29.7. The number of amides is 4. The van der Waals surface area contributed by atoms with Gasteiger partial charge in [-0.25, -0.2) is 9.69 Å². The van der Waals surface area contributed by atoms with E-state index in [1.807, 2.05) is 45.0 Å². The van der Waals surface area contributed by atoms with Crippen LogP contribution in [0.2, 0.25) is 0 Å². The normalized spacial score (nSPS) is 17.1. The average molecular weight is 563 g/mol. The highest BCUT2D eigenvalue weighted by atomic mass is 16.5. The zero-order valence-electron chi connectivity index (χ0n) is 25.5. The second kappa shape index (κ2) is 16.7. The number of urea groups is 1. The van der Waals surface area contributed by atoms with Gasteiger partial charge in [0.1, 0.15) is 6.61 Å². The van der Waals surface area contributed by atoms with Crippen LogP contribution in [0.15, 0.2) is 24.3 Å². The van der Waals surface area contributed by atoms with E-state index in [-0.39, 0.29) is 24.5 Å². The number of aryl methyl sites for hydroxylation is 1. The van der Waals surface area contributed by atoms with E-state index in [9.17, 15) is 14.4 Å². The molecule has 0 saturated carbocycles. The van der Waals surface area contributed by atoms with Crippen molar-refractivity contribution in [2.45, 2.75) is 65.6 Å². The summed E-state index contributed by atoms with van der Waals surface area (Å²) in [4.78, 5) is 44.7. The van der Waals surface area contributed by atoms with E-state index < -0.39 is 17.7 Å². The molecule has 2 unspecified atom stereocenters. The smallest absolute Gasteiger partial charge is 0.326 e. The summed E-state index contributed by atoms with van der Waals surface area (Å²) in [6.07, 6.45) is 1.85. The van der Waals surface area contributed by atoms with E-state index in [2.05, 4.69) is 17.1 Å². The van der Waals surface area contributed by atoms with Gasteiger partial charge < -0.3 is 24.4 Å². The molecule has 1 N–H and O–H groups in total. The maximum absolute atomic E-state index is 13.4. The van der Waals surface area contributed by atoms with Gasteiger partial charge >= 0.3 is 6.03 Å². The van der Waals surface area contributed by atoms with E-state index in [4.69, 9.17) is 14.2 Å². The molecule has 10 heteroatoms. The van der Waals surface area contributed by atoms with Crippen molar-refractivity contribution in [3.05, 3.63) is 35.4 Å². The monoisotopic (exact) mass is 562 g/mol. The lowest BCUT2D eigenvalue weighted by Crippen LogP contribution is -2.72. The van der Waals surface area contributed by atoms with Crippen molar-refractivity contribution in [2.24, 2.45) is 5.41 Å². The van der Waals surface area contributed by atoms with Crippen LogP contribution in [-0.2, 0) is 23.8 Å². The number of hydrogen-bond acceptors (Lipinski definition) is 7. The van der Waals surface area contributed by atoms with Gasteiger partial charge in [-0.15, -0.1) is 0 Å². The van der Waals surface area contributed by atoms with Crippen LogP contribution in [0.1, 0.15) is 63.6 Å².